The Bertz CT molecular complexity index is 442. The largest absolute Gasteiger partial charge is 0.478 e. The first kappa shape index (κ1) is 14.3. The van der Waals surface area contributed by atoms with Gasteiger partial charge in [-0.3, -0.25) is 0 Å². The molecule has 0 aliphatic carbocycles. The molecule has 0 saturated carbocycles. The van der Waals surface area contributed by atoms with Crippen LogP contribution in [0.2, 0.25) is 0 Å². The van der Waals surface area contributed by atoms with Gasteiger partial charge >= 0.3 is 5.97 Å². The Morgan fingerprint density at radius 1 is 1.56 bits per heavy atom. The summed E-state index contributed by atoms with van der Waals surface area (Å²) in [5, 5.41) is 12.1. The third-order valence-electron chi connectivity index (χ3n) is 3.49. The van der Waals surface area contributed by atoms with Crippen LogP contribution in [0.25, 0.3) is 0 Å². The van der Waals surface area contributed by atoms with E-state index in [1.165, 1.54) is 12.3 Å². The van der Waals surface area contributed by atoms with Gasteiger partial charge in [0.1, 0.15) is 5.82 Å². The van der Waals surface area contributed by atoms with Gasteiger partial charge in [-0.2, -0.15) is 0 Å². The van der Waals surface area contributed by atoms with Crippen molar-refractivity contribution >= 4 is 17.5 Å². The molecule has 0 radical (unpaired) electrons. The fraction of sp³-hybridized carbons (Fsp3) is 0.538. The molecule has 0 atom stereocenters. The van der Waals surface area contributed by atoms with Crippen molar-refractivity contribution in [3.05, 3.63) is 17.8 Å². The first-order chi connectivity index (χ1) is 8.25. The summed E-state index contributed by atoms with van der Waals surface area (Å²) in [5.41, 5.74) is 6.12. The van der Waals surface area contributed by atoms with Crippen molar-refractivity contribution in [1.82, 2.24) is 4.98 Å². The van der Waals surface area contributed by atoms with Crippen molar-refractivity contribution in [2.45, 2.75) is 27.7 Å². The minimum Gasteiger partial charge on any atom is -0.478 e. The fourth-order valence-corrected chi connectivity index (χ4v) is 1.32. The molecule has 0 spiro atoms. The third-order valence-corrected chi connectivity index (χ3v) is 3.49. The minimum atomic E-state index is -1.04. The second-order valence-electron chi connectivity index (χ2n) is 5.42. The van der Waals surface area contributed by atoms with Gasteiger partial charge in [0.05, 0.1) is 11.3 Å². The maximum atomic E-state index is 10.9. The van der Waals surface area contributed by atoms with E-state index in [0.717, 1.165) is 0 Å². The Morgan fingerprint density at radius 3 is 2.67 bits per heavy atom. The van der Waals surface area contributed by atoms with Gasteiger partial charge in [-0.25, -0.2) is 9.78 Å². The second-order valence-corrected chi connectivity index (χ2v) is 5.42. The maximum Gasteiger partial charge on any atom is 0.337 e. The summed E-state index contributed by atoms with van der Waals surface area (Å²) in [4.78, 5) is 15.0. The summed E-state index contributed by atoms with van der Waals surface area (Å²) in [6.45, 7) is 9.26. The number of nitrogen functional groups attached to an aromatic ring is 1. The van der Waals surface area contributed by atoms with Crippen molar-refractivity contribution in [1.29, 1.82) is 0 Å². The van der Waals surface area contributed by atoms with Crippen molar-refractivity contribution < 1.29 is 9.90 Å². The van der Waals surface area contributed by atoms with E-state index in [-0.39, 0.29) is 16.7 Å². The fourth-order valence-electron chi connectivity index (χ4n) is 1.32. The lowest BCUT2D eigenvalue weighted by Crippen LogP contribution is -2.29. The highest BCUT2D eigenvalue weighted by molar-refractivity contribution is 5.96. The van der Waals surface area contributed by atoms with Crippen molar-refractivity contribution in [3.63, 3.8) is 0 Å². The molecule has 100 valence electrons. The van der Waals surface area contributed by atoms with Gasteiger partial charge in [0, 0.05) is 12.7 Å². The van der Waals surface area contributed by atoms with E-state index in [2.05, 4.69) is 38.0 Å². The molecule has 0 aromatic carbocycles. The first-order valence-electron chi connectivity index (χ1n) is 5.97. The zero-order chi connectivity index (χ0) is 13.9. The Balaban J connectivity index is 2.87. The Hall–Kier alpha value is -1.78. The molecule has 1 aromatic heterocycles. The Kier molecular flexibility index (Phi) is 4.16. The Morgan fingerprint density at radius 2 is 2.17 bits per heavy atom. The number of anilines is 2. The molecule has 0 bridgehead atoms. The van der Waals surface area contributed by atoms with Crippen molar-refractivity contribution in [2.75, 3.05) is 17.6 Å². The lowest BCUT2D eigenvalue weighted by Gasteiger charge is -2.29. The molecule has 1 aromatic rings. The molecule has 0 aliphatic heterocycles. The smallest absolute Gasteiger partial charge is 0.337 e. The van der Waals surface area contributed by atoms with Gasteiger partial charge < -0.3 is 16.2 Å². The van der Waals surface area contributed by atoms with Crippen molar-refractivity contribution in [3.8, 4) is 0 Å². The topological polar surface area (TPSA) is 88.2 Å². The van der Waals surface area contributed by atoms with Gasteiger partial charge in [0.15, 0.2) is 0 Å². The molecular formula is C13H21N3O2. The SMILES string of the molecule is CC(C)C(C)(C)CNc1nccc(C(=O)O)c1N. The minimum absolute atomic E-state index is 0.0767. The molecule has 18 heavy (non-hydrogen) atoms. The van der Waals surface area contributed by atoms with E-state index >= 15 is 0 Å². The number of carbonyl (C=O) groups is 1. The lowest BCUT2D eigenvalue weighted by atomic mass is 9.81. The average Bonchev–Trinajstić information content (AvgIpc) is 2.27. The number of aromatic nitrogens is 1. The van der Waals surface area contributed by atoms with E-state index in [9.17, 15) is 4.79 Å². The molecule has 0 amide bonds. The van der Waals surface area contributed by atoms with Crippen LogP contribution in [0.1, 0.15) is 38.1 Å². The molecule has 1 rings (SSSR count). The van der Waals surface area contributed by atoms with Gasteiger partial charge in [0.2, 0.25) is 0 Å². The van der Waals surface area contributed by atoms with Crippen molar-refractivity contribution in [2.24, 2.45) is 11.3 Å². The summed E-state index contributed by atoms with van der Waals surface area (Å²) in [5.74, 6) is -0.112. The number of pyridine rings is 1. The highest BCUT2D eigenvalue weighted by Crippen LogP contribution is 2.27. The number of nitrogens with two attached hydrogens (primary N) is 1. The van der Waals surface area contributed by atoms with Crippen LogP contribution in [0.15, 0.2) is 12.3 Å². The molecule has 0 aliphatic rings. The standard InChI is InChI=1S/C13H21N3O2/c1-8(2)13(3,4)7-16-11-10(14)9(12(17)18)5-6-15-11/h5-6,8H,7,14H2,1-4H3,(H,15,16)(H,17,18). The zero-order valence-electron chi connectivity index (χ0n) is 11.3. The highest BCUT2D eigenvalue weighted by atomic mass is 16.4. The second kappa shape index (κ2) is 5.25. The summed E-state index contributed by atoms with van der Waals surface area (Å²) in [6.07, 6.45) is 1.45. The van der Waals surface area contributed by atoms with E-state index in [4.69, 9.17) is 10.8 Å². The number of hydrogen-bond acceptors (Lipinski definition) is 4. The first-order valence-corrected chi connectivity index (χ1v) is 5.97. The van der Waals surface area contributed by atoms with Crippen LogP contribution in [0.4, 0.5) is 11.5 Å². The Labute approximate surface area is 107 Å². The molecule has 1 heterocycles. The number of nitrogens with one attached hydrogen (secondary N) is 1. The van der Waals surface area contributed by atoms with Crippen LogP contribution >= 0.6 is 0 Å². The van der Waals surface area contributed by atoms with E-state index in [1.54, 1.807) is 0 Å². The quantitative estimate of drug-likeness (QED) is 0.748. The maximum absolute atomic E-state index is 10.9. The number of aromatic carboxylic acids is 1. The van der Waals surface area contributed by atoms with Gasteiger partial charge in [-0.15, -0.1) is 0 Å². The van der Waals surface area contributed by atoms with Gasteiger partial charge in [0.25, 0.3) is 0 Å². The number of carboxylic acid groups (broad SMARTS) is 1. The zero-order valence-corrected chi connectivity index (χ0v) is 11.3. The molecule has 5 heteroatoms. The third kappa shape index (κ3) is 3.12. The summed E-state index contributed by atoms with van der Waals surface area (Å²) < 4.78 is 0. The number of rotatable bonds is 5. The summed E-state index contributed by atoms with van der Waals surface area (Å²) >= 11 is 0. The monoisotopic (exact) mass is 251 g/mol. The van der Waals surface area contributed by atoms with Crippen LogP contribution in [0.5, 0.6) is 0 Å². The highest BCUT2D eigenvalue weighted by Gasteiger charge is 2.23. The molecule has 0 saturated heterocycles. The average molecular weight is 251 g/mol. The lowest BCUT2D eigenvalue weighted by molar-refractivity contribution is 0.0698. The number of carboxylic acids is 1. The molecule has 0 fully saturated rings. The van der Waals surface area contributed by atoms with Gasteiger partial charge in [-0.1, -0.05) is 27.7 Å². The van der Waals surface area contributed by atoms with Crippen LogP contribution in [0, 0.1) is 11.3 Å². The molecule has 5 nitrogen and oxygen atoms in total. The van der Waals surface area contributed by atoms with Crippen LogP contribution in [0.3, 0.4) is 0 Å². The summed E-state index contributed by atoms with van der Waals surface area (Å²) in [7, 11) is 0. The van der Waals surface area contributed by atoms with E-state index in [1.807, 2.05) is 0 Å². The van der Waals surface area contributed by atoms with E-state index in [0.29, 0.717) is 18.3 Å². The number of nitrogens with zero attached hydrogens (tertiary/aromatic N) is 1. The molecule has 4 N–H and O–H groups in total. The van der Waals surface area contributed by atoms with Gasteiger partial charge in [-0.05, 0) is 17.4 Å². The normalized spacial score (nSPS) is 11.6. The number of hydrogen-bond donors (Lipinski definition) is 3. The molecular weight excluding hydrogens is 230 g/mol. The van der Waals surface area contributed by atoms with Crippen LogP contribution < -0.4 is 11.1 Å². The van der Waals surface area contributed by atoms with Crippen LogP contribution in [-0.2, 0) is 0 Å². The predicted molar refractivity (Wildman–Crippen MR) is 72.7 cm³/mol. The molecule has 0 unspecified atom stereocenters. The predicted octanol–water partition coefficient (Wildman–Crippen LogP) is 2.46. The summed E-state index contributed by atoms with van der Waals surface area (Å²) in [6, 6.07) is 1.40. The van der Waals surface area contributed by atoms with Crippen LogP contribution in [-0.4, -0.2) is 22.6 Å². The van der Waals surface area contributed by atoms with E-state index < -0.39 is 5.97 Å².